The molecule has 36 heteroatoms. The Balaban J connectivity index is 0.000000158. The first-order valence-electron chi connectivity index (χ1n) is 39.1. The van der Waals surface area contributed by atoms with Gasteiger partial charge in [0.25, 0.3) is 0 Å². The molecule has 664 valence electrons. The van der Waals surface area contributed by atoms with E-state index < -0.39 is 82.6 Å². The number of ether oxygens (including phenoxy) is 3. The Morgan fingerprint density at radius 2 is 0.709 bits per heavy atom. The zero-order valence-electron chi connectivity index (χ0n) is 67.8. The first-order valence-corrected chi connectivity index (χ1v) is 39.9. The number of benzene rings is 10. The third kappa shape index (κ3) is 25.6. The van der Waals surface area contributed by atoms with Gasteiger partial charge in [-0.25, -0.2) is 42.7 Å². The lowest BCUT2D eigenvalue weighted by atomic mass is 9.77. The minimum atomic E-state index is -4.44. The van der Waals surface area contributed by atoms with Gasteiger partial charge in [0.1, 0.15) is 0 Å². The van der Waals surface area contributed by atoms with Gasteiger partial charge in [0.2, 0.25) is 0 Å². The predicted octanol–water partition coefficient (Wildman–Crippen LogP) is 24.7. The highest BCUT2D eigenvalue weighted by atomic mass is 79.9. The summed E-state index contributed by atoms with van der Waals surface area (Å²) in [7, 11) is 0. The quantitative estimate of drug-likeness (QED) is 0.0520. The van der Waals surface area contributed by atoms with Gasteiger partial charge in [-0.15, -0.1) is 0 Å². The molecule has 16 rings (SSSR count). The number of hydrogen-bond acceptors (Lipinski definition) is 13. The van der Waals surface area contributed by atoms with Crippen LogP contribution in [0.1, 0.15) is 153 Å². The molecule has 0 spiro atoms. The van der Waals surface area contributed by atoms with Crippen molar-refractivity contribution in [2.45, 2.75) is 104 Å². The second-order valence-electron chi connectivity index (χ2n) is 28.1. The summed E-state index contributed by atoms with van der Waals surface area (Å²) >= 11 is 2.95. The normalized spacial score (nSPS) is 13.3. The van der Waals surface area contributed by atoms with E-state index in [9.17, 15) is 89.8 Å². The van der Waals surface area contributed by atoms with Crippen LogP contribution in [0.5, 0.6) is 0 Å². The van der Waals surface area contributed by atoms with Crippen molar-refractivity contribution in [1.82, 2.24) is 49.3 Å². The number of aromatic nitrogens is 10. The van der Waals surface area contributed by atoms with E-state index in [1.807, 2.05) is 6.07 Å². The molecule has 3 N–H and O–H groups in total. The number of aromatic carboxylic acids is 2. The van der Waals surface area contributed by atoms with E-state index in [2.05, 4.69) is 60.4 Å². The van der Waals surface area contributed by atoms with E-state index >= 15 is 0 Å². The monoisotopic (exact) mass is 1830 g/mol. The molecule has 0 bridgehead atoms. The van der Waals surface area contributed by atoms with Crippen molar-refractivity contribution < 1.29 is 114 Å². The van der Waals surface area contributed by atoms with Crippen molar-refractivity contribution in [2.75, 3.05) is 19.8 Å². The van der Waals surface area contributed by atoms with Gasteiger partial charge in [-0.3, -0.25) is 5.10 Å². The third-order valence-electron chi connectivity index (χ3n) is 19.6. The van der Waals surface area contributed by atoms with Gasteiger partial charge in [-0.1, -0.05) is 98.6 Å². The van der Waals surface area contributed by atoms with Crippen LogP contribution in [0.25, 0.3) is 77.3 Å². The fourth-order valence-electron chi connectivity index (χ4n) is 13.3. The molecule has 20 nitrogen and oxygen atoms in total. The summed E-state index contributed by atoms with van der Waals surface area (Å²) in [4.78, 5) is 56.7. The Hall–Kier alpha value is -13.7. The van der Waals surface area contributed by atoms with E-state index in [1.54, 1.807) is 93.8 Å². The summed E-state index contributed by atoms with van der Waals surface area (Å²) in [5, 5.41) is 44.4. The number of aromatic amines is 1. The molecule has 0 aliphatic heterocycles. The lowest BCUT2D eigenvalue weighted by Gasteiger charge is -2.29. The number of fused-ring (bicyclic) bond motifs is 5. The van der Waals surface area contributed by atoms with Gasteiger partial charge in [-0.2, -0.15) is 91.3 Å². The molecule has 0 amide bonds. The average Bonchev–Trinajstić information content (AvgIpc) is 1.68. The van der Waals surface area contributed by atoms with Crippen LogP contribution in [0.2, 0.25) is 0 Å². The number of carboxylic acids is 2. The van der Waals surface area contributed by atoms with E-state index in [0.717, 1.165) is 83.4 Å². The Bertz CT molecular complexity index is 6290. The number of hydrogen-bond donors (Lipinski definition) is 3. The Morgan fingerprint density at radius 3 is 1.08 bits per heavy atom. The molecule has 1 saturated carbocycles. The molecule has 15 aromatic rings. The molecule has 2 atom stereocenters. The van der Waals surface area contributed by atoms with Crippen LogP contribution in [0.4, 0.5) is 65.9 Å². The number of H-pyrrole nitrogens is 1. The maximum atomic E-state index is 12.9. The molecule has 0 unspecified atom stereocenters. The number of rotatable bonds is 14. The van der Waals surface area contributed by atoms with Gasteiger partial charge in [-0.05, 0) is 215 Å². The zero-order chi connectivity index (χ0) is 92.3. The van der Waals surface area contributed by atoms with E-state index in [0.29, 0.717) is 82.8 Å². The largest absolute Gasteiger partial charge is 0.478 e. The number of nitrogens with one attached hydrogen (secondary N) is 1. The van der Waals surface area contributed by atoms with Crippen molar-refractivity contribution >= 4 is 100 Å². The number of carbonyl (C=O) groups excluding carboxylic acids is 3. The SMILES string of the molecule is CCOC(=O)c1ccc2[nH]ncc2c1.CCOC(=O)c1ccc2c(cnn2-c2cccc(C(F)(F)F)c2)c1.CCOC(=O)c1ccc2nn(-c3cccc(C(F)(F)F)c3)cc2c1.CC[C@@H]1CCCC[C@@H]1CC.FC(F)(F)c1cccc(Br)c1.O=C(O)c1ccc2c(cnn2-c2cccc(C(F)(F)F)c2)c1.O=C(O)c1ccc2nn(-c3cccc(C(F)(F)F)c3)cc2c1. The highest BCUT2D eigenvalue weighted by Gasteiger charge is 2.35. The van der Waals surface area contributed by atoms with Gasteiger partial charge in [0, 0.05) is 43.8 Å². The molecule has 1 aliphatic carbocycles. The number of esters is 3. The molecule has 0 radical (unpaired) electrons. The maximum Gasteiger partial charge on any atom is 0.416 e. The number of nitrogens with zero attached hydrogens (tertiary/aromatic N) is 9. The summed E-state index contributed by atoms with van der Waals surface area (Å²) < 4.78 is 210. The standard InChI is InChI=1S/2C17H13F3N2O2.2C15H9F3N2O2.C10H10N2O2.C10H20.C7H4BrF3/c1-2-24-16(23)11-6-7-15-12(8-11)10-22(21-15)14-5-3-4-13(9-14)17(18,19)20;1-2-24-16(23)11-6-7-15-12(8-11)10-21-22(15)14-5-3-4-13(9-14)17(18,19)20;16-15(17,18)11-2-1-3-12(7-11)20-8-10-6-9(14(21)22)4-5-13(10)19-20;16-15(17,18)11-2-1-3-12(7-11)20-13-5-4-9(14(21)22)6-10(13)8-19-20;1-2-14-10(13)7-3-4-9-8(5-7)6-11-12-9;1-3-9-7-5-6-8-10(9)4-2;8-6-3-1-2-5(4-6)7(9,10)11/h2*3-10H,2H2,1H3;2*1-8H,(H,21,22);3-6H,2H2,1H3,(H,11,12);9-10H,3-8H2,1-2H3;1-4H/t;;;;;9-,10+;. The smallest absolute Gasteiger partial charge is 0.416 e. The molecule has 5 aromatic heterocycles. The first kappa shape index (κ1) is 95.6. The van der Waals surface area contributed by atoms with Crippen LogP contribution in [-0.2, 0) is 45.1 Å². The van der Waals surface area contributed by atoms with E-state index in [-0.39, 0.29) is 41.7 Å². The second-order valence-corrected chi connectivity index (χ2v) is 29.0. The van der Waals surface area contributed by atoms with Crippen molar-refractivity contribution in [2.24, 2.45) is 11.8 Å². The van der Waals surface area contributed by atoms with Crippen molar-refractivity contribution in [1.29, 1.82) is 0 Å². The van der Waals surface area contributed by atoms with Gasteiger partial charge >= 0.3 is 60.7 Å². The van der Waals surface area contributed by atoms with Gasteiger partial charge in [0.15, 0.2) is 0 Å². The van der Waals surface area contributed by atoms with Crippen LogP contribution < -0.4 is 0 Å². The van der Waals surface area contributed by atoms with Crippen LogP contribution in [-0.4, -0.2) is 109 Å². The third-order valence-corrected chi connectivity index (χ3v) is 20.1. The summed E-state index contributed by atoms with van der Waals surface area (Å²) in [6.45, 7) is 10.8. The Morgan fingerprint density at radius 1 is 0.386 bits per heavy atom. The Kier molecular flexibility index (Phi) is 31.5. The van der Waals surface area contributed by atoms with Crippen molar-refractivity contribution in [3.8, 4) is 22.7 Å². The molecule has 5 heterocycles. The van der Waals surface area contributed by atoms with E-state index in [1.165, 1.54) is 161 Å². The summed E-state index contributed by atoms with van der Waals surface area (Å²) in [5.41, 5.74) is 2.04. The fourth-order valence-corrected chi connectivity index (χ4v) is 13.7. The summed E-state index contributed by atoms with van der Waals surface area (Å²) in [5.74, 6) is -1.21. The highest BCUT2D eigenvalue weighted by Crippen LogP contribution is 2.38. The zero-order valence-corrected chi connectivity index (χ0v) is 69.4. The fraction of sp³-hybridized carbons (Fsp3) is 0.231. The molecular formula is C91H78BrF15N10O10. The van der Waals surface area contributed by atoms with Crippen molar-refractivity contribution in [3.05, 3.63) is 303 Å². The second kappa shape index (κ2) is 41.9. The highest BCUT2D eigenvalue weighted by molar-refractivity contribution is 9.10. The summed E-state index contributed by atoms with van der Waals surface area (Å²) in [6, 6.07) is 47.9. The average molecular weight is 1840 g/mol. The Labute approximate surface area is 722 Å². The van der Waals surface area contributed by atoms with Gasteiger partial charge in [0.05, 0.1) is 144 Å². The molecule has 1 aliphatic rings. The molecule has 1 fully saturated rings. The minimum absolute atomic E-state index is 0.0936. The number of carbonyl (C=O) groups is 5. The summed E-state index contributed by atoms with van der Waals surface area (Å²) in [6.07, 6.45) is -5.44. The number of alkyl halides is 15. The van der Waals surface area contributed by atoms with Crippen molar-refractivity contribution in [3.63, 3.8) is 0 Å². The maximum absolute atomic E-state index is 12.9. The van der Waals surface area contributed by atoms with Crippen LogP contribution >= 0.6 is 15.9 Å². The topological polar surface area (TPSA) is 253 Å². The lowest BCUT2D eigenvalue weighted by Crippen LogP contribution is -2.17. The first-order chi connectivity index (χ1) is 60.2. The lowest BCUT2D eigenvalue weighted by molar-refractivity contribution is -0.138. The van der Waals surface area contributed by atoms with Gasteiger partial charge < -0.3 is 24.4 Å². The molecule has 10 aromatic carbocycles. The number of halogens is 16. The van der Waals surface area contributed by atoms with Crippen LogP contribution in [0, 0.1) is 11.8 Å². The minimum Gasteiger partial charge on any atom is -0.478 e. The van der Waals surface area contributed by atoms with Crippen LogP contribution in [0.15, 0.2) is 248 Å². The molecular weight excluding hydrogens is 1760 g/mol. The van der Waals surface area contributed by atoms with Crippen LogP contribution in [0.3, 0.4) is 0 Å². The number of carboxylic acid groups (broad SMARTS) is 2. The molecule has 0 saturated heterocycles. The van der Waals surface area contributed by atoms with E-state index in [4.69, 9.17) is 24.4 Å². The predicted molar refractivity (Wildman–Crippen MR) is 447 cm³/mol. The molecule has 127 heavy (non-hydrogen) atoms.